The fourth-order valence-corrected chi connectivity index (χ4v) is 0.632. The highest BCUT2D eigenvalue weighted by atomic mass is 16.3. The van der Waals surface area contributed by atoms with Gasteiger partial charge in [-0.25, -0.2) is 0 Å². The Hall–Kier alpha value is -0.500. The van der Waals surface area contributed by atoms with Gasteiger partial charge in [-0.3, -0.25) is 0 Å². The van der Waals surface area contributed by atoms with Crippen LogP contribution in [-0.4, -0.2) is 17.8 Å². The fraction of sp³-hybridized carbons (Fsp3) is 0.600. The number of hydrogen-bond donors (Lipinski definition) is 2. The first kappa shape index (κ1) is 4.65. The second kappa shape index (κ2) is 1.98. The van der Waals surface area contributed by atoms with E-state index in [2.05, 4.69) is 5.32 Å². The highest BCUT2D eigenvalue weighted by molar-refractivity contribution is 4.94. The normalized spacial score (nSPS) is 27.9. The van der Waals surface area contributed by atoms with Gasteiger partial charge in [0.1, 0.15) is 0 Å². The molecule has 1 unspecified atom stereocenters. The minimum Gasteiger partial charge on any atom is -0.394 e. The molecule has 1 heterocycles. The smallest absolute Gasteiger partial charge is 0.0635 e. The molecule has 1 aliphatic heterocycles. The van der Waals surface area contributed by atoms with Crippen LogP contribution in [0.15, 0.2) is 12.3 Å². The van der Waals surface area contributed by atoms with Crippen molar-refractivity contribution >= 4 is 0 Å². The lowest BCUT2D eigenvalue weighted by Crippen LogP contribution is -2.22. The molecular weight excluding hydrogens is 90.1 g/mol. The monoisotopic (exact) mass is 99.1 g/mol. The van der Waals surface area contributed by atoms with E-state index in [9.17, 15) is 0 Å². The second-order valence-corrected chi connectivity index (χ2v) is 1.68. The zero-order valence-corrected chi connectivity index (χ0v) is 4.09. The molecule has 0 bridgehead atoms. The van der Waals surface area contributed by atoms with Crippen molar-refractivity contribution in [2.45, 2.75) is 12.5 Å². The van der Waals surface area contributed by atoms with E-state index in [4.69, 9.17) is 5.11 Å². The fourth-order valence-electron chi connectivity index (χ4n) is 0.632. The van der Waals surface area contributed by atoms with E-state index in [1.54, 1.807) is 0 Å². The van der Waals surface area contributed by atoms with Crippen molar-refractivity contribution in [2.24, 2.45) is 0 Å². The lowest BCUT2D eigenvalue weighted by molar-refractivity contribution is 0.258. The summed E-state index contributed by atoms with van der Waals surface area (Å²) in [5, 5.41) is 11.4. The first-order valence-electron chi connectivity index (χ1n) is 2.45. The summed E-state index contributed by atoms with van der Waals surface area (Å²) in [6.07, 6.45) is 4.86. The van der Waals surface area contributed by atoms with Crippen LogP contribution in [-0.2, 0) is 0 Å². The maximum Gasteiger partial charge on any atom is 0.0635 e. The zero-order valence-electron chi connectivity index (χ0n) is 4.09. The van der Waals surface area contributed by atoms with Crippen LogP contribution in [0.1, 0.15) is 6.42 Å². The van der Waals surface area contributed by atoms with E-state index in [-0.39, 0.29) is 6.61 Å². The SMILES string of the molecule is OCC1CC=CN1. The standard InChI is InChI=1S/C5H9NO/c7-4-5-2-1-3-6-5/h1,3,5-7H,2,4H2. The highest BCUT2D eigenvalue weighted by Gasteiger charge is 2.04. The molecule has 40 valence electrons. The topological polar surface area (TPSA) is 32.3 Å². The maximum atomic E-state index is 8.46. The third-order valence-corrected chi connectivity index (χ3v) is 1.09. The van der Waals surface area contributed by atoms with Crippen molar-refractivity contribution < 1.29 is 5.11 Å². The molecule has 0 amide bonds. The Bertz CT molecular complexity index is 72.1. The largest absolute Gasteiger partial charge is 0.394 e. The Morgan fingerprint density at radius 3 is 3.00 bits per heavy atom. The molecule has 1 aliphatic rings. The van der Waals surface area contributed by atoms with E-state index in [0.29, 0.717) is 6.04 Å². The van der Waals surface area contributed by atoms with Gasteiger partial charge in [0.2, 0.25) is 0 Å². The molecule has 0 saturated heterocycles. The van der Waals surface area contributed by atoms with Gasteiger partial charge in [-0.2, -0.15) is 0 Å². The van der Waals surface area contributed by atoms with Crippen molar-refractivity contribution in [3.05, 3.63) is 12.3 Å². The summed E-state index contributed by atoms with van der Waals surface area (Å²) in [6, 6.07) is 0.292. The Balaban J connectivity index is 2.22. The van der Waals surface area contributed by atoms with Crippen LogP contribution in [0.4, 0.5) is 0 Å². The molecule has 1 rings (SSSR count). The van der Waals surface area contributed by atoms with Crippen molar-refractivity contribution in [3.8, 4) is 0 Å². The molecule has 0 aliphatic carbocycles. The molecule has 2 heteroatoms. The van der Waals surface area contributed by atoms with Crippen molar-refractivity contribution in [3.63, 3.8) is 0 Å². The first-order chi connectivity index (χ1) is 3.43. The quantitative estimate of drug-likeness (QED) is 0.479. The van der Waals surface area contributed by atoms with Gasteiger partial charge in [0, 0.05) is 0 Å². The van der Waals surface area contributed by atoms with Crippen molar-refractivity contribution in [1.29, 1.82) is 0 Å². The summed E-state index contributed by atoms with van der Waals surface area (Å²) in [7, 11) is 0. The highest BCUT2D eigenvalue weighted by Crippen LogP contribution is 1.97. The van der Waals surface area contributed by atoms with Gasteiger partial charge in [-0.15, -0.1) is 0 Å². The predicted molar refractivity (Wildman–Crippen MR) is 27.8 cm³/mol. The van der Waals surface area contributed by atoms with Gasteiger partial charge >= 0.3 is 0 Å². The van der Waals surface area contributed by atoms with Gasteiger partial charge < -0.3 is 10.4 Å². The molecule has 0 radical (unpaired) electrons. The minimum atomic E-state index is 0.243. The number of nitrogens with one attached hydrogen (secondary N) is 1. The van der Waals surface area contributed by atoms with Crippen LogP contribution >= 0.6 is 0 Å². The molecule has 7 heavy (non-hydrogen) atoms. The van der Waals surface area contributed by atoms with E-state index in [0.717, 1.165) is 6.42 Å². The lowest BCUT2D eigenvalue weighted by atomic mass is 10.3. The van der Waals surface area contributed by atoms with Gasteiger partial charge in [0.15, 0.2) is 0 Å². The first-order valence-corrected chi connectivity index (χ1v) is 2.45. The average Bonchev–Trinajstić information content (AvgIpc) is 2.14. The molecule has 2 N–H and O–H groups in total. The van der Waals surface area contributed by atoms with Crippen LogP contribution in [0.5, 0.6) is 0 Å². The van der Waals surface area contributed by atoms with Gasteiger partial charge in [-0.05, 0) is 12.6 Å². The van der Waals surface area contributed by atoms with Gasteiger partial charge in [0.05, 0.1) is 12.6 Å². The Morgan fingerprint density at radius 2 is 2.71 bits per heavy atom. The zero-order chi connectivity index (χ0) is 5.11. The molecule has 0 saturated carbocycles. The van der Waals surface area contributed by atoms with Crippen molar-refractivity contribution in [1.82, 2.24) is 5.32 Å². The molecule has 1 atom stereocenters. The van der Waals surface area contributed by atoms with E-state index >= 15 is 0 Å². The summed E-state index contributed by atoms with van der Waals surface area (Å²) in [5.41, 5.74) is 0. The Kier molecular flexibility index (Phi) is 1.32. The number of rotatable bonds is 1. The van der Waals surface area contributed by atoms with Crippen LogP contribution in [0, 0.1) is 0 Å². The van der Waals surface area contributed by atoms with Crippen LogP contribution < -0.4 is 5.32 Å². The lowest BCUT2D eigenvalue weighted by Gasteiger charge is -2.03. The van der Waals surface area contributed by atoms with Crippen molar-refractivity contribution in [2.75, 3.05) is 6.61 Å². The van der Waals surface area contributed by atoms with E-state index in [1.165, 1.54) is 0 Å². The molecule has 0 aromatic carbocycles. The number of aliphatic hydroxyl groups excluding tert-OH is 1. The molecule has 0 fully saturated rings. The van der Waals surface area contributed by atoms with Crippen LogP contribution in [0.2, 0.25) is 0 Å². The summed E-state index contributed by atoms with van der Waals surface area (Å²) >= 11 is 0. The minimum absolute atomic E-state index is 0.243. The van der Waals surface area contributed by atoms with Gasteiger partial charge in [-0.1, -0.05) is 6.08 Å². The number of hydrogen-bond acceptors (Lipinski definition) is 2. The van der Waals surface area contributed by atoms with Crippen LogP contribution in [0.3, 0.4) is 0 Å². The predicted octanol–water partition coefficient (Wildman–Crippen LogP) is -0.146. The Morgan fingerprint density at radius 1 is 1.86 bits per heavy atom. The molecule has 0 aromatic heterocycles. The van der Waals surface area contributed by atoms with E-state index in [1.807, 2.05) is 12.3 Å². The van der Waals surface area contributed by atoms with E-state index < -0.39 is 0 Å². The molecular formula is C5H9NO. The third-order valence-electron chi connectivity index (χ3n) is 1.09. The van der Waals surface area contributed by atoms with Crippen LogP contribution in [0.25, 0.3) is 0 Å². The summed E-state index contributed by atoms with van der Waals surface area (Å²) < 4.78 is 0. The third kappa shape index (κ3) is 0.933. The Labute approximate surface area is 42.8 Å². The molecule has 0 aromatic rings. The maximum absolute atomic E-state index is 8.46. The second-order valence-electron chi connectivity index (χ2n) is 1.68. The van der Waals surface area contributed by atoms with Gasteiger partial charge in [0.25, 0.3) is 0 Å². The summed E-state index contributed by atoms with van der Waals surface area (Å²) in [4.78, 5) is 0. The average molecular weight is 99.1 g/mol. The summed E-state index contributed by atoms with van der Waals surface area (Å²) in [6.45, 7) is 0.243. The number of aliphatic hydroxyl groups is 1. The molecule has 0 spiro atoms. The molecule has 2 nitrogen and oxygen atoms in total. The summed E-state index contributed by atoms with van der Waals surface area (Å²) in [5.74, 6) is 0.